The molecule has 0 radical (unpaired) electrons. The number of guanidine groups is 3. The molecule has 11 rings (SSSR count). The largest absolute Gasteiger partial charge is 0.327 e. The average Bonchev–Trinajstić information content (AvgIpc) is 3.92. The van der Waals surface area contributed by atoms with Crippen LogP contribution in [0.1, 0.15) is 166 Å². The van der Waals surface area contributed by atoms with Gasteiger partial charge in [-0.1, -0.05) is 0 Å². The Hall–Kier alpha value is -4.73. The van der Waals surface area contributed by atoms with Gasteiger partial charge < -0.3 is 33.8 Å². The van der Waals surface area contributed by atoms with Gasteiger partial charge in [0.15, 0.2) is 0 Å². The maximum Gasteiger partial charge on any atom is 0.203 e. The molecular formula is C57H80N10. The molecule has 10 nitrogen and oxygen atoms in total. The summed E-state index contributed by atoms with van der Waals surface area (Å²) >= 11 is 0. The molecule has 0 spiro atoms. The molecule has 6 aliphatic rings. The zero-order chi connectivity index (χ0) is 49.3. The second kappa shape index (κ2) is 11.6. The van der Waals surface area contributed by atoms with Gasteiger partial charge in [0.25, 0.3) is 0 Å². The first kappa shape index (κ1) is 44.8. The molecule has 3 aromatic carbocycles. The lowest BCUT2D eigenvalue weighted by atomic mass is 9.76. The lowest BCUT2D eigenvalue weighted by molar-refractivity contribution is 0.0528. The summed E-state index contributed by atoms with van der Waals surface area (Å²) < 4.78 is 2.55. The van der Waals surface area contributed by atoms with Crippen LogP contribution in [0.4, 0.5) is 17.1 Å². The zero-order valence-electron chi connectivity index (χ0n) is 45.6. The quantitative estimate of drug-likeness (QED) is 0.180. The molecule has 8 heterocycles. The van der Waals surface area contributed by atoms with Gasteiger partial charge in [0, 0.05) is 38.6 Å². The summed E-state index contributed by atoms with van der Waals surface area (Å²) in [4.78, 5) is 32.3. The SMILES string of the molecule is CC1(C)N=C2N(c3ccc4c(c3)c3cc(N5C6=NC(C)(C)C(C)(C)N6C(C)(C)C5(C)C)cc5c6cc(N7C8=NC(C)(C)C(C)(C)N8C(C)(C)C7(C)C)ccc6n4c35)C(C)(C)C(C)(C)N2C1(C)C. The summed E-state index contributed by atoms with van der Waals surface area (Å²) in [5.41, 5.74) is 4.47. The van der Waals surface area contributed by atoms with Crippen LogP contribution in [-0.2, 0) is 0 Å². The molecule has 5 aromatic rings. The molecule has 67 heavy (non-hydrogen) atoms. The highest BCUT2D eigenvalue weighted by atomic mass is 15.6. The number of rotatable bonds is 3. The number of aliphatic imine (C=N–C) groups is 3. The molecule has 3 saturated heterocycles. The van der Waals surface area contributed by atoms with E-state index in [1.165, 1.54) is 55.2 Å². The standard InChI is InChI=1S/C57H80N10/c1-46(2)49(7,8)65-43(58-46)62(52(13,14)55(65,19)20)33-25-27-40-36(29-33)38-31-35(64-45-60-48(5,6)51(11,12)67(45)57(23,24)54(64,17)18)32-39-37-30-34(26-28-41(37)61(40)42(38)39)63-44-59-47(3,4)50(9,10)66(44)56(21,22)53(63,15)16/h25-32H,1-24H3. The Balaban J connectivity index is 1.20. The van der Waals surface area contributed by atoms with Gasteiger partial charge in [-0.3, -0.25) is 0 Å². The first-order valence-corrected chi connectivity index (χ1v) is 25.2. The van der Waals surface area contributed by atoms with E-state index in [1.807, 2.05) is 0 Å². The van der Waals surface area contributed by atoms with Crippen LogP contribution in [0.3, 0.4) is 0 Å². The van der Waals surface area contributed by atoms with Crippen LogP contribution in [0.15, 0.2) is 63.5 Å². The van der Waals surface area contributed by atoms with Crippen molar-refractivity contribution in [3.63, 3.8) is 0 Å². The fourth-order valence-corrected chi connectivity index (χ4v) is 13.8. The molecule has 3 fully saturated rings. The van der Waals surface area contributed by atoms with E-state index in [0.717, 1.165) is 17.9 Å². The Labute approximate surface area is 401 Å². The minimum atomic E-state index is -0.295. The zero-order valence-corrected chi connectivity index (χ0v) is 45.6. The number of fused-ring (bicyclic) bond motifs is 9. The van der Waals surface area contributed by atoms with Crippen LogP contribution in [0.25, 0.3) is 38.1 Å². The predicted molar refractivity (Wildman–Crippen MR) is 285 cm³/mol. The highest BCUT2D eigenvalue weighted by Gasteiger charge is 2.69. The molecule has 2 aromatic heterocycles. The highest BCUT2D eigenvalue weighted by Crippen LogP contribution is 2.58. The normalized spacial score (nSPS) is 27.7. The highest BCUT2D eigenvalue weighted by molar-refractivity contribution is 6.26. The topological polar surface area (TPSA) is 60.9 Å². The summed E-state index contributed by atoms with van der Waals surface area (Å²) in [6, 6.07) is 19.4. The summed E-state index contributed by atoms with van der Waals surface area (Å²) in [5, 5.41) is 5.01. The van der Waals surface area contributed by atoms with Crippen LogP contribution in [0.5, 0.6) is 0 Å². The van der Waals surface area contributed by atoms with Crippen molar-refractivity contribution in [1.29, 1.82) is 0 Å². The van der Waals surface area contributed by atoms with E-state index in [9.17, 15) is 0 Å². The maximum absolute atomic E-state index is 5.64. The molecule has 0 atom stereocenters. The van der Waals surface area contributed by atoms with Crippen molar-refractivity contribution in [1.82, 2.24) is 19.1 Å². The van der Waals surface area contributed by atoms with Crippen LogP contribution in [-0.4, -0.2) is 103 Å². The van der Waals surface area contributed by atoms with Crippen molar-refractivity contribution in [2.24, 2.45) is 15.0 Å². The number of aromatic nitrogens is 1. The average molecular weight is 905 g/mol. The van der Waals surface area contributed by atoms with E-state index in [4.69, 9.17) is 15.0 Å². The van der Waals surface area contributed by atoms with Gasteiger partial charge in [-0.2, -0.15) is 0 Å². The summed E-state index contributed by atoms with van der Waals surface area (Å²) in [6.07, 6.45) is 0. The lowest BCUT2D eigenvalue weighted by Crippen LogP contribution is -2.63. The van der Waals surface area contributed by atoms with Gasteiger partial charge >= 0.3 is 0 Å². The molecule has 0 N–H and O–H groups in total. The molecule has 358 valence electrons. The fraction of sp³-hybridized carbons (Fsp3) is 0.632. The Morgan fingerprint density at radius 3 is 0.866 bits per heavy atom. The number of hydrogen-bond acceptors (Lipinski definition) is 9. The van der Waals surface area contributed by atoms with Crippen LogP contribution < -0.4 is 14.7 Å². The maximum atomic E-state index is 5.64. The summed E-state index contributed by atoms with van der Waals surface area (Å²) in [5.74, 6) is 3.19. The van der Waals surface area contributed by atoms with Crippen LogP contribution >= 0.6 is 0 Å². The van der Waals surface area contributed by atoms with Crippen molar-refractivity contribution in [3.05, 3.63) is 48.5 Å². The van der Waals surface area contributed by atoms with E-state index in [1.54, 1.807) is 0 Å². The van der Waals surface area contributed by atoms with Crippen molar-refractivity contribution in [2.45, 2.75) is 233 Å². The van der Waals surface area contributed by atoms with Gasteiger partial charge in [0.05, 0.1) is 83.0 Å². The van der Waals surface area contributed by atoms with Gasteiger partial charge in [0.2, 0.25) is 17.9 Å². The molecule has 0 unspecified atom stereocenters. The molecule has 10 heteroatoms. The Kier molecular flexibility index (Phi) is 7.78. The number of benzene rings is 3. The van der Waals surface area contributed by atoms with Crippen molar-refractivity contribution in [3.8, 4) is 0 Å². The summed E-state index contributed by atoms with van der Waals surface area (Å²) in [7, 11) is 0. The van der Waals surface area contributed by atoms with E-state index >= 15 is 0 Å². The molecule has 0 saturated carbocycles. The molecule has 0 bridgehead atoms. The van der Waals surface area contributed by atoms with E-state index < -0.39 is 0 Å². The van der Waals surface area contributed by atoms with E-state index in [-0.39, 0.29) is 66.5 Å². The van der Waals surface area contributed by atoms with E-state index in [2.05, 4.69) is 249 Å². The Morgan fingerprint density at radius 2 is 0.567 bits per heavy atom. The van der Waals surface area contributed by atoms with Crippen LogP contribution in [0.2, 0.25) is 0 Å². The predicted octanol–water partition coefficient (Wildman–Crippen LogP) is 12.7. The number of hydrogen-bond donors (Lipinski definition) is 0. The van der Waals surface area contributed by atoms with Crippen molar-refractivity contribution in [2.75, 3.05) is 14.7 Å². The minimum Gasteiger partial charge on any atom is -0.327 e. The van der Waals surface area contributed by atoms with Gasteiger partial charge in [-0.25, -0.2) is 15.0 Å². The number of anilines is 3. The first-order valence-electron chi connectivity index (χ1n) is 25.2. The Bertz CT molecular complexity index is 2970. The first-order chi connectivity index (χ1) is 30.3. The third-order valence-corrected chi connectivity index (χ3v) is 21.5. The summed E-state index contributed by atoms with van der Waals surface area (Å²) in [6.45, 7) is 56.8. The fourth-order valence-electron chi connectivity index (χ4n) is 13.8. The molecule has 0 amide bonds. The van der Waals surface area contributed by atoms with Crippen molar-refractivity contribution < 1.29 is 0 Å². The van der Waals surface area contributed by atoms with E-state index in [0.29, 0.717) is 0 Å². The van der Waals surface area contributed by atoms with Gasteiger partial charge in [-0.15, -0.1) is 0 Å². The second-order valence-electron chi connectivity index (χ2n) is 27.6. The minimum absolute atomic E-state index is 0.170. The molecular weight excluding hydrogens is 825 g/mol. The molecule has 0 aliphatic carbocycles. The van der Waals surface area contributed by atoms with Crippen LogP contribution in [0, 0.1) is 0 Å². The van der Waals surface area contributed by atoms with Gasteiger partial charge in [-0.05, 0) is 215 Å². The third kappa shape index (κ3) is 4.60. The van der Waals surface area contributed by atoms with Crippen molar-refractivity contribution >= 4 is 73.0 Å². The van der Waals surface area contributed by atoms with Gasteiger partial charge in [0.1, 0.15) is 0 Å². The third-order valence-electron chi connectivity index (χ3n) is 21.5. The second-order valence-corrected chi connectivity index (χ2v) is 27.6. The molecule has 6 aliphatic heterocycles. The number of nitrogens with zero attached hydrogens (tertiary/aromatic N) is 10. The Morgan fingerprint density at radius 1 is 0.299 bits per heavy atom. The lowest BCUT2D eigenvalue weighted by Gasteiger charge is -2.50. The smallest absolute Gasteiger partial charge is 0.203 e. The monoisotopic (exact) mass is 905 g/mol.